The summed E-state index contributed by atoms with van der Waals surface area (Å²) in [5.41, 5.74) is 4.16. The number of urea groups is 1. The van der Waals surface area contributed by atoms with Crippen LogP contribution in [0.1, 0.15) is 62.1 Å². The molecule has 0 unspecified atom stereocenters. The molecule has 2 amide bonds. The maximum absolute atomic E-state index is 12.4. The van der Waals surface area contributed by atoms with Gasteiger partial charge in [0.1, 0.15) is 0 Å². The highest BCUT2D eigenvalue weighted by Crippen LogP contribution is 2.32. The molecule has 0 spiro atoms. The summed E-state index contributed by atoms with van der Waals surface area (Å²) >= 11 is 0. The first-order valence-corrected chi connectivity index (χ1v) is 10.8. The molecule has 2 N–H and O–H groups in total. The summed E-state index contributed by atoms with van der Waals surface area (Å²) < 4.78 is 0. The standard InChI is InChI=1S/C22H34N4O/c1-25-14-11-18-15-17(9-10-20(18)25)21(26-12-5-6-13-26)16-23-22(27)24-19-7-3-2-4-8-19/h9-10,15,19,21H,2-8,11-14,16H2,1H3,(H2,23,24,27)/t21-/m0/s1. The second kappa shape index (κ2) is 8.51. The number of hydrogen-bond donors (Lipinski definition) is 2. The molecule has 2 aliphatic heterocycles. The van der Waals surface area contributed by atoms with Gasteiger partial charge in [-0.3, -0.25) is 4.90 Å². The van der Waals surface area contributed by atoms with E-state index >= 15 is 0 Å². The van der Waals surface area contributed by atoms with Gasteiger partial charge in [0.25, 0.3) is 0 Å². The Hall–Kier alpha value is -1.75. The van der Waals surface area contributed by atoms with Crippen LogP contribution in [0.15, 0.2) is 18.2 Å². The fourth-order valence-corrected chi connectivity index (χ4v) is 4.98. The van der Waals surface area contributed by atoms with E-state index in [0.29, 0.717) is 12.6 Å². The molecule has 0 bridgehead atoms. The van der Waals surface area contributed by atoms with Crippen molar-refractivity contribution in [2.24, 2.45) is 0 Å². The van der Waals surface area contributed by atoms with E-state index in [0.717, 1.165) is 38.9 Å². The van der Waals surface area contributed by atoms with E-state index in [9.17, 15) is 4.79 Å². The number of carbonyl (C=O) groups excluding carboxylic acids is 1. The van der Waals surface area contributed by atoms with Crippen molar-refractivity contribution in [3.63, 3.8) is 0 Å². The Bertz CT molecular complexity index is 650. The summed E-state index contributed by atoms with van der Waals surface area (Å²) in [7, 11) is 2.17. The van der Waals surface area contributed by atoms with Gasteiger partial charge in [-0.2, -0.15) is 0 Å². The van der Waals surface area contributed by atoms with E-state index in [-0.39, 0.29) is 12.1 Å². The lowest BCUT2D eigenvalue weighted by molar-refractivity contribution is 0.215. The highest BCUT2D eigenvalue weighted by atomic mass is 16.2. The highest BCUT2D eigenvalue weighted by molar-refractivity contribution is 5.74. The van der Waals surface area contributed by atoms with Crippen LogP contribution in [-0.2, 0) is 6.42 Å². The predicted octanol–water partition coefficient (Wildman–Crippen LogP) is 3.45. The van der Waals surface area contributed by atoms with Crippen LogP contribution < -0.4 is 15.5 Å². The van der Waals surface area contributed by atoms with Gasteiger partial charge in [0.15, 0.2) is 0 Å². The molecule has 1 aromatic rings. The Balaban J connectivity index is 1.41. The maximum Gasteiger partial charge on any atom is 0.315 e. The quantitative estimate of drug-likeness (QED) is 0.835. The van der Waals surface area contributed by atoms with Gasteiger partial charge in [-0.05, 0) is 62.4 Å². The second-order valence-electron chi connectivity index (χ2n) is 8.51. The van der Waals surface area contributed by atoms with Gasteiger partial charge in [0.2, 0.25) is 0 Å². The highest BCUT2D eigenvalue weighted by Gasteiger charge is 2.26. The van der Waals surface area contributed by atoms with Crippen molar-refractivity contribution in [3.8, 4) is 0 Å². The van der Waals surface area contributed by atoms with Gasteiger partial charge < -0.3 is 15.5 Å². The zero-order valence-corrected chi connectivity index (χ0v) is 16.7. The van der Waals surface area contributed by atoms with E-state index in [1.54, 1.807) is 0 Å². The Morgan fingerprint density at radius 2 is 1.89 bits per heavy atom. The summed E-state index contributed by atoms with van der Waals surface area (Å²) in [4.78, 5) is 17.3. The van der Waals surface area contributed by atoms with Gasteiger partial charge in [-0.1, -0.05) is 31.4 Å². The molecule has 4 rings (SSSR count). The number of amides is 2. The van der Waals surface area contributed by atoms with Gasteiger partial charge >= 0.3 is 6.03 Å². The summed E-state index contributed by atoms with van der Waals surface area (Å²) in [5.74, 6) is 0. The van der Waals surface area contributed by atoms with Crippen LogP contribution >= 0.6 is 0 Å². The molecule has 5 heteroatoms. The lowest BCUT2D eigenvalue weighted by Crippen LogP contribution is -2.45. The third kappa shape index (κ3) is 4.40. The average Bonchev–Trinajstić information content (AvgIpc) is 3.33. The average molecular weight is 371 g/mol. The topological polar surface area (TPSA) is 47.6 Å². The molecule has 3 aliphatic rings. The first-order chi connectivity index (χ1) is 13.2. The third-order valence-corrected chi connectivity index (χ3v) is 6.59. The van der Waals surface area contributed by atoms with Crippen molar-refractivity contribution in [3.05, 3.63) is 29.3 Å². The summed E-state index contributed by atoms with van der Waals surface area (Å²) in [6.07, 6.45) is 9.70. The number of benzene rings is 1. The van der Waals surface area contributed by atoms with Crippen LogP contribution in [0.5, 0.6) is 0 Å². The summed E-state index contributed by atoms with van der Waals surface area (Å²) in [6, 6.07) is 7.56. The summed E-state index contributed by atoms with van der Waals surface area (Å²) in [5, 5.41) is 6.37. The van der Waals surface area contributed by atoms with Crippen LogP contribution in [-0.4, -0.2) is 50.2 Å². The molecule has 1 aromatic carbocycles. The van der Waals surface area contributed by atoms with E-state index in [4.69, 9.17) is 0 Å². The van der Waals surface area contributed by atoms with Crippen LogP contribution in [0.2, 0.25) is 0 Å². The van der Waals surface area contributed by atoms with Crippen molar-refractivity contribution < 1.29 is 4.79 Å². The molecule has 1 atom stereocenters. The minimum absolute atomic E-state index is 0.00647. The van der Waals surface area contributed by atoms with E-state index in [2.05, 4.69) is 45.7 Å². The number of nitrogens with one attached hydrogen (secondary N) is 2. The number of anilines is 1. The number of likely N-dealkylation sites (N-methyl/N-ethyl adjacent to an activating group) is 1. The lowest BCUT2D eigenvalue weighted by atomic mass is 9.96. The van der Waals surface area contributed by atoms with Gasteiger partial charge in [-0.15, -0.1) is 0 Å². The molecule has 27 heavy (non-hydrogen) atoms. The zero-order chi connectivity index (χ0) is 18.6. The molecule has 0 radical (unpaired) electrons. The fourth-order valence-electron chi connectivity index (χ4n) is 4.98. The van der Waals surface area contributed by atoms with Gasteiger partial charge in [-0.25, -0.2) is 4.79 Å². The first kappa shape index (κ1) is 18.6. The molecular formula is C22H34N4O. The smallest absolute Gasteiger partial charge is 0.315 e. The van der Waals surface area contributed by atoms with Crippen molar-refractivity contribution in [1.29, 1.82) is 0 Å². The SMILES string of the molecule is CN1CCc2cc([C@H](CNC(=O)NC3CCCCC3)N3CCCC3)ccc21. The Kier molecular flexibility index (Phi) is 5.86. The van der Waals surface area contributed by atoms with Crippen molar-refractivity contribution in [1.82, 2.24) is 15.5 Å². The van der Waals surface area contributed by atoms with Crippen LogP contribution in [0.3, 0.4) is 0 Å². The molecule has 1 aliphatic carbocycles. The minimum atomic E-state index is 0.00647. The fraction of sp³-hybridized carbons (Fsp3) is 0.682. The number of hydrogen-bond acceptors (Lipinski definition) is 3. The molecule has 5 nitrogen and oxygen atoms in total. The zero-order valence-electron chi connectivity index (χ0n) is 16.7. The maximum atomic E-state index is 12.4. The van der Waals surface area contributed by atoms with E-state index < -0.39 is 0 Å². The van der Waals surface area contributed by atoms with Crippen LogP contribution in [0, 0.1) is 0 Å². The number of rotatable bonds is 5. The Morgan fingerprint density at radius 1 is 1.11 bits per heavy atom. The lowest BCUT2D eigenvalue weighted by Gasteiger charge is -2.29. The molecule has 148 valence electrons. The minimum Gasteiger partial charge on any atom is -0.374 e. The summed E-state index contributed by atoms with van der Waals surface area (Å²) in [6.45, 7) is 4.06. The van der Waals surface area contributed by atoms with Crippen molar-refractivity contribution in [2.45, 2.75) is 63.5 Å². The van der Waals surface area contributed by atoms with Gasteiger partial charge in [0.05, 0.1) is 6.04 Å². The molecule has 2 heterocycles. The predicted molar refractivity (Wildman–Crippen MR) is 110 cm³/mol. The molecule has 1 saturated carbocycles. The van der Waals surface area contributed by atoms with Crippen molar-refractivity contribution >= 4 is 11.7 Å². The number of carbonyl (C=O) groups is 1. The molecule has 2 fully saturated rings. The number of nitrogens with zero attached hydrogens (tertiary/aromatic N) is 2. The largest absolute Gasteiger partial charge is 0.374 e. The van der Waals surface area contributed by atoms with Crippen LogP contribution in [0.25, 0.3) is 0 Å². The second-order valence-corrected chi connectivity index (χ2v) is 8.51. The Labute approximate surface area is 163 Å². The molecule has 0 aromatic heterocycles. The van der Waals surface area contributed by atoms with Crippen LogP contribution in [0.4, 0.5) is 10.5 Å². The monoisotopic (exact) mass is 370 g/mol. The van der Waals surface area contributed by atoms with E-state index in [1.807, 2.05) is 0 Å². The number of likely N-dealkylation sites (tertiary alicyclic amines) is 1. The first-order valence-electron chi connectivity index (χ1n) is 10.8. The molecule has 1 saturated heterocycles. The molecular weight excluding hydrogens is 336 g/mol. The van der Waals surface area contributed by atoms with Crippen molar-refractivity contribution in [2.75, 3.05) is 38.1 Å². The van der Waals surface area contributed by atoms with E-state index in [1.165, 1.54) is 48.9 Å². The number of fused-ring (bicyclic) bond motifs is 1. The third-order valence-electron chi connectivity index (χ3n) is 6.59. The normalized spacial score (nSPS) is 21.9. The Morgan fingerprint density at radius 3 is 2.67 bits per heavy atom. The van der Waals surface area contributed by atoms with Gasteiger partial charge in [0, 0.05) is 31.9 Å².